The highest BCUT2D eigenvalue weighted by molar-refractivity contribution is 5.87. The molecule has 1 aliphatic rings. The number of ether oxygens (including phenoxy) is 4. The second-order valence-electron chi connectivity index (χ2n) is 6.48. The van der Waals surface area contributed by atoms with Crippen LogP contribution in [0.25, 0.3) is 0 Å². The van der Waals surface area contributed by atoms with Gasteiger partial charge in [-0.3, -0.25) is 5.32 Å². The van der Waals surface area contributed by atoms with Crippen LogP contribution < -0.4 is 20.1 Å². The van der Waals surface area contributed by atoms with Crippen molar-refractivity contribution in [3.8, 4) is 11.5 Å². The normalized spacial score (nSPS) is 18.0. The predicted molar refractivity (Wildman–Crippen MR) is 91.0 cm³/mol. The number of anilines is 1. The zero-order valence-electron chi connectivity index (χ0n) is 14.9. The Labute approximate surface area is 142 Å². The van der Waals surface area contributed by atoms with Crippen molar-refractivity contribution < 1.29 is 23.7 Å². The molecule has 1 aromatic carbocycles. The Balaban J connectivity index is 2.33. The molecule has 0 spiro atoms. The Bertz CT molecular complexity index is 577. The van der Waals surface area contributed by atoms with Crippen molar-refractivity contribution in [1.29, 1.82) is 0 Å². The molecule has 1 heterocycles. The highest BCUT2D eigenvalue weighted by Gasteiger charge is 2.24. The van der Waals surface area contributed by atoms with Crippen molar-refractivity contribution in [2.45, 2.75) is 32.5 Å². The number of carbonyl (C=O) groups is 1. The molecule has 1 unspecified atom stereocenters. The fourth-order valence-corrected chi connectivity index (χ4v) is 2.45. The standard InChI is InChI=1S/C17H26N2O5/c1-17(2,3)24-16(20)19-12-9-14(22-5)13(21-4)8-11(12)15-10-18-6-7-23-15/h8-9,15,18H,6-7,10H2,1-5H3,(H,19,20). The molecule has 0 radical (unpaired) electrons. The molecular formula is C17H26N2O5. The van der Waals surface area contributed by atoms with Crippen LogP contribution in [0.2, 0.25) is 0 Å². The van der Waals surface area contributed by atoms with Crippen molar-refractivity contribution in [2.24, 2.45) is 0 Å². The minimum Gasteiger partial charge on any atom is -0.493 e. The maximum absolute atomic E-state index is 12.2. The Morgan fingerprint density at radius 1 is 1.25 bits per heavy atom. The average molecular weight is 338 g/mol. The second kappa shape index (κ2) is 7.72. The van der Waals surface area contributed by atoms with Gasteiger partial charge < -0.3 is 24.3 Å². The molecule has 1 atom stereocenters. The van der Waals surface area contributed by atoms with Gasteiger partial charge >= 0.3 is 6.09 Å². The molecule has 2 rings (SSSR count). The monoisotopic (exact) mass is 338 g/mol. The van der Waals surface area contributed by atoms with Crippen LogP contribution in [-0.4, -0.2) is 45.6 Å². The predicted octanol–water partition coefficient (Wildman–Crippen LogP) is 2.71. The first-order valence-corrected chi connectivity index (χ1v) is 7.92. The number of rotatable bonds is 4. The largest absolute Gasteiger partial charge is 0.493 e. The molecule has 0 aliphatic carbocycles. The molecule has 1 aromatic rings. The third-order valence-corrected chi connectivity index (χ3v) is 3.47. The molecule has 7 heteroatoms. The lowest BCUT2D eigenvalue weighted by Gasteiger charge is -2.27. The SMILES string of the molecule is COc1cc(NC(=O)OC(C)(C)C)c(C2CNCCO2)cc1OC. The summed E-state index contributed by atoms with van der Waals surface area (Å²) in [5.41, 5.74) is 0.810. The molecular weight excluding hydrogens is 312 g/mol. The van der Waals surface area contributed by atoms with Crippen LogP contribution in [0.1, 0.15) is 32.4 Å². The fourth-order valence-electron chi connectivity index (χ4n) is 2.45. The molecule has 0 bridgehead atoms. The number of amides is 1. The lowest BCUT2D eigenvalue weighted by atomic mass is 10.0. The quantitative estimate of drug-likeness (QED) is 0.879. The van der Waals surface area contributed by atoms with E-state index in [0.717, 1.165) is 12.1 Å². The lowest BCUT2D eigenvalue weighted by molar-refractivity contribution is 0.0279. The summed E-state index contributed by atoms with van der Waals surface area (Å²) in [7, 11) is 3.12. The molecule has 7 nitrogen and oxygen atoms in total. The van der Waals surface area contributed by atoms with E-state index in [4.69, 9.17) is 18.9 Å². The first-order chi connectivity index (χ1) is 11.3. The van der Waals surface area contributed by atoms with E-state index in [9.17, 15) is 4.79 Å². The second-order valence-corrected chi connectivity index (χ2v) is 6.48. The van der Waals surface area contributed by atoms with Gasteiger partial charge in [0.25, 0.3) is 0 Å². The highest BCUT2D eigenvalue weighted by atomic mass is 16.6. The van der Waals surface area contributed by atoms with Crippen molar-refractivity contribution in [3.05, 3.63) is 17.7 Å². The van der Waals surface area contributed by atoms with Crippen molar-refractivity contribution >= 4 is 11.8 Å². The maximum Gasteiger partial charge on any atom is 0.412 e. The summed E-state index contributed by atoms with van der Waals surface area (Å²) in [6, 6.07) is 3.54. The van der Waals surface area contributed by atoms with E-state index in [1.807, 2.05) is 26.8 Å². The maximum atomic E-state index is 12.2. The zero-order valence-corrected chi connectivity index (χ0v) is 14.9. The van der Waals surface area contributed by atoms with Gasteiger partial charge in [0.05, 0.1) is 32.6 Å². The average Bonchev–Trinajstić information content (AvgIpc) is 2.53. The van der Waals surface area contributed by atoms with E-state index in [2.05, 4.69) is 10.6 Å². The number of methoxy groups -OCH3 is 2. The van der Waals surface area contributed by atoms with Gasteiger partial charge in [0.2, 0.25) is 0 Å². The summed E-state index contributed by atoms with van der Waals surface area (Å²) in [5, 5.41) is 6.06. The minimum atomic E-state index is -0.580. The molecule has 1 saturated heterocycles. The summed E-state index contributed by atoms with van der Waals surface area (Å²) in [4.78, 5) is 12.2. The Kier molecular flexibility index (Phi) is 5.90. The topological polar surface area (TPSA) is 78.1 Å². The van der Waals surface area contributed by atoms with Crippen molar-refractivity contribution in [1.82, 2.24) is 5.32 Å². The number of benzene rings is 1. The van der Waals surface area contributed by atoms with E-state index >= 15 is 0 Å². The summed E-state index contributed by atoms with van der Waals surface area (Å²) >= 11 is 0. The Hall–Kier alpha value is -1.99. The van der Waals surface area contributed by atoms with Gasteiger partial charge in [0.15, 0.2) is 11.5 Å². The van der Waals surface area contributed by atoms with Gasteiger partial charge in [0.1, 0.15) is 5.60 Å². The molecule has 1 fully saturated rings. The van der Waals surface area contributed by atoms with Gasteiger partial charge in [-0.1, -0.05) is 0 Å². The van der Waals surface area contributed by atoms with Gasteiger partial charge in [-0.05, 0) is 26.8 Å². The van der Waals surface area contributed by atoms with E-state index in [-0.39, 0.29) is 6.10 Å². The van der Waals surface area contributed by atoms with E-state index in [1.54, 1.807) is 20.3 Å². The van der Waals surface area contributed by atoms with Crippen LogP contribution >= 0.6 is 0 Å². The summed E-state index contributed by atoms with van der Waals surface area (Å²) in [6.45, 7) is 7.50. The number of nitrogens with one attached hydrogen (secondary N) is 2. The van der Waals surface area contributed by atoms with Crippen LogP contribution in [-0.2, 0) is 9.47 Å². The first-order valence-electron chi connectivity index (χ1n) is 7.92. The fraction of sp³-hybridized carbons (Fsp3) is 0.588. The molecule has 134 valence electrons. The van der Waals surface area contributed by atoms with Crippen LogP contribution in [0, 0.1) is 0 Å². The number of hydrogen-bond acceptors (Lipinski definition) is 6. The van der Waals surface area contributed by atoms with Crippen LogP contribution in [0.4, 0.5) is 10.5 Å². The molecule has 1 aliphatic heterocycles. The van der Waals surface area contributed by atoms with Gasteiger partial charge in [0, 0.05) is 24.7 Å². The van der Waals surface area contributed by atoms with E-state index < -0.39 is 11.7 Å². The van der Waals surface area contributed by atoms with Crippen LogP contribution in [0.15, 0.2) is 12.1 Å². The number of carbonyl (C=O) groups excluding carboxylic acids is 1. The first kappa shape index (κ1) is 18.4. The minimum absolute atomic E-state index is 0.191. The summed E-state index contributed by atoms with van der Waals surface area (Å²) in [5.74, 6) is 1.10. The van der Waals surface area contributed by atoms with Gasteiger partial charge in [-0.2, -0.15) is 0 Å². The molecule has 24 heavy (non-hydrogen) atoms. The lowest BCUT2D eigenvalue weighted by Crippen LogP contribution is -2.34. The van der Waals surface area contributed by atoms with E-state index in [1.165, 1.54) is 0 Å². The van der Waals surface area contributed by atoms with Crippen LogP contribution in [0.3, 0.4) is 0 Å². The molecule has 0 saturated carbocycles. The Morgan fingerprint density at radius 2 is 1.92 bits per heavy atom. The summed E-state index contributed by atoms with van der Waals surface area (Å²) in [6.07, 6.45) is -0.719. The third-order valence-electron chi connectivity index (χ3n) is 3.47. The molecule has 1 amide bonds. The van der Waals surface area contributed by atoms with Crippen molar-refractivity contribution in [3.63, 3.8) is 0 Å². The number of hydrogen-bond donors (Lipinski definition) is 2. The smallest absolute Gasteiger partial charge is 0.412 e. The molecule has 0 aromatic heterocycles. The van der Waals surface area contributed by atoms with Gasteiger partial charge in [-0.25, -0.2) is 4.79 Å². The van der Waals surface area contributed by atoms with Crippen LogP contribution in [0.5, 0.6) is 11.5 Å². The number of morpholine rings is 1. The van der Waals surface area contributed by atoms with Gasteiger partial charge in [-0.15, -0.1) is 0 Å². The molecule has 2 N–H and O–H groups in total. The third kappa shape index (κ3) is 4.75. The Morgan fingerprint density at radius 3 is 2.46 bits per heavy atom. The summed E-state index contributed by atoms with van der Waals surface area (Å²) < 4.78 is 21.8. The zero-order chi connectivity index (χ0) is 17.7. The highest BCUT2D eigenvalue weighted by Crippen LogP contribution is 2.37. The van der Waals surface area contributed by atoms with E-state index in [0.29, 0.717) is 30.3 Å². The van der Waals surface area contributed by atoms with Crippen molar-refractivity contribution in [2.75, 3.05) is 39.2 Å².